The first-order valence-electron chi connectivity index (χ1n) is 7.95. The van der Waals surface area contributed by atoms with E-state index in [1.165, 1.54) is 47.4 Å². The number of furan rings is 1. The molecule has 3 rings (SSSR count). The molecule has 0 atom stereocenters. The van der Waals surface area contributed by atoms with Crippen molar-refractivity contribution in [2.24, 2.45) is 7.05 Å². The van der Waals surface area contributed by atoms with E-state index < -0.39 is 15.9 Å². The third-order valence-electron chi connectivity index (χ3n) is 3.79. The van der Waals surface area contributed by atoms with Crippen molar-refractivity contribution in [1.82, 2.24) is 9.29 Å². The second-order valence-electron chi connectivity index (χ2n) is 5.75. The first-order valence-corrected chi connectivity index (χ1v) is 9.44. The molecule has 3 aromatic rings. The number of carbonyl (C=O) groups excluding carboxylic acids is 1. The van der Waals surface area contributed by atoms with Crippen LogP contribution in [0.25, 0.3) is 0 Å². The van der Waals surface area contributed by atoms with Crippen LogP contribution in [0, 0.1) is 0 Å². The van der Waals surface area contributed by atoms with Gasteiger partial charge in [-0.15, -0.1) is 0 Å². The molecule has 0 aliphatic carbocycles. The Bertz CT molecular complexity index is 1120. The van der Waals surface area contributed by atoms with Gasteiger partial charge in [-0.05, 0) is 36.4 Å². The Labute approximate surface area is 155 Å². The molecule has 2 aromatic heterocycles. The van der Waals surface area contributed by atoms with E-state index in [0.717, 1.165) is 0 Å². The molecule has 0 radical (unpaired) electrons. The standard InChI is InChI=1S/C18H17N3O5S/c1-21-8-7-13(10-17(21)22)18(23)20-14-4-2-6-16(11-14)27(24,25)19-12-15-5-3-9-26-15/h2-11,19H,12H2,1H3,(H,20,23). The number of aryl methyl sites for hydroxylation is 1. The van der Waals surface area contributed by atoms with Crippen molar-refractivity contribution < 1.29 is 17.6 Å². The van der Waals surface area contributed by atoms with E-state index in [4.69, 9.17) is 4.42 Å². The maximum Gasteiger partial charge on any atom is 0.255 e. The number of amides is 1. The van der Waals surface area contributed by atoms with Gasteiger partial charge < -0.3 is 14.3 Å². The van der Waals surface area contributed by atoms with E-state index in [1.807, 2.05) is 0 Å². The van der Waals surface area contributed by atoms with Gasteiger partial charge in [0.15, 0.2) is 0 Å². The van der Waals surface area contributed by atoms with Crippen LogP contribution in [0.1, 0.15) is 16.1 Å². The number of rotatable bonds is 6. The van der Waals surface area contributed by atoms with Gasteiger partial charge >= 0.3 is 0 Å². The minimum atomic E-state index is -3.79. The third-order valence-corrected chi connectivity index (χ3v) is 5.18. The number of anilines is 1. The van der Waals surface area contributed by atoms with Gasteiger partial charge in [-0.25, -0.2) is 13.1 Å². The van der Waals surface area contributed by atoms with Crippen molar-refractivity contribution >= 4 is 21.6 Å². The lowest BCUT2D eigenvalue weighted by Gasteiger charge is -2.09. The molecule has 27 heavy (non-hydrogen) atoms. The summed E-state index contributed by atoms with van der Waals surface area (Å²) in [6, 6.07) is 11.9. The van der Waals surface area contributed by atoms with Gasteiger partial charge in [0.1, 0.15) is 5.76 Å². The van der Waals surface area contributed by atoms with Gasteiger partial charge in [-0.3, -0.25) is 9.59 Å². The molecular formula is C18H17N3O5S. The molecule has 0 spiro atoms. The molecule has 0 aliphatic heterocycles. The SMILES string of the molecule is Cn1ccc(C(=O)Nc2cccc(S(=O)(=O)NCc3ccco3)c2)cc1=O. The van der Waals surface area contributed by atoms with E-state index in [2.05, 4.69) is 10.0 Å². The highest BCUT2D eigenvalue weighted by Crippen LogP contribution is 2.16. The third kappa shape index (κ3) is 4.52. The first-order chi connectivity index (χ1) is 12.8. The van der Waals surface area contributed by atoms with Crippen LogP contribution in [0.4, 0.5) is 5.69 Å². The Balaban J connectivity index is 1.75. The van der Waals surface area contributed by atoms with E-state index >= 15 is 0 Å². The lowest BCUT2D eigenvalue weighted by atomic mass is 10.2. The lowest BCUT2D eigenvalue weighted by molar-refractivity contribution is 0.102. The Kier molecular flexibility index (Phi) is 5.24. The summed E-state index contributed by atoms with van der Waals surface area (Å²) in [6.07, 6.45) is 2.94. The number of hydrogen-bond acceptors (Lipinski definition) is 5. The predicted molar refractivity (Wildman–Crippen MR) is 98.8 cm³/mol. The summed E-state index contributed by atoms with van der Waals surface area (Å²) < 4.78 is 33.7. The molecule has 0 saturated heterocycles. The highest BCUT2D eigenvalue weighted by Gasteiger charge is 2.16. The predicted octanol–water partition coefficient (Wildman–Crippen LogP) is 1.71. The summed E-state index contributed by atoms with van der Waals surface area (Å²) in [7, 11) is -2.21. The molecule has 1 aromatic carbocycles. The molecule has 2 heterocycles. The molecule has 140 valence electrons. The number of benzene rings is 1. The molecule has 0 bridgehead atoms. The molecular weight excluding hydrogens is 370 g/mol. The van der Waals surface area contributed by atoms with Gasteiger partial charge in [0.2, 0.25) is 10.0 Å². The van der Waals surface area contributed by atoms with Crippen LogP contribution < -0.4 is 15.6 Å². The Morgan fingerprint density at radius 3 is 2.67 bits per heavy atom. The lowest BCUT2D eigenvalue weighted by Crippen LogP contribution is -2.23. The van der Waals surface area contributed by atoms with E-state index in [-0.39, 0.29) is 22.6 Å². The van der Waals surface area contributed by atoms with Crippen molar-refractivity contribution in [3.05, 3.63) is 82.7 Å². The number of nitrogens with zero attached hydrogens (tertiary/aromatic N) is 1. The van der Waals surface area contributed by atoms with Gasteiger partial charge in [0.25, 0.3) is 11.5 Å². The fraction of sp³-hybridized carbons (Fsp3) is 0.111. The van der Waals surface area contributed by atoms with E-state index in [0.29, 0.717) is 11.4 Å². The molecule has 1 amide bonds. The second-order valence-corrected chi connectivity index (χ2v) is 7.52. The molecule has 9 heteroatoms. The summed E-state index contributed by atoms with van der Waals surface area (Å²) in [6.45, 7) is 0.0131. The molecule has 0 unspecified atom stereocenters. The highest BCUT2D eigenvalue weighted by atomic mass is 32.2. The van der Waals surface area contributed by atoms with Gasteiger partial charge in [0.05, 0.1) is 17.7 Å². The average Bonchev–Trinajstić information content (AvgIpc) is 3.16. The fourth-order valence-electron chi connectivity index (χ4n) is 2.30. The van der Waals surface area contributed by atoms with Crippen molar-refractivity contribution in [1.29, 1.82) is 0 Å². The quantitative estimate of drug-likeness (QED) is 0.669. The topological polar surface area (TPSA) is 110 Å². The van der Waals surface area contributed by atoms with Crippen LogP contribution in [-0.4, -0.2) is 18.9 Å². The summed E-state index contributed by atoms with van der Waals surface area (Å²) >= 11 is 0. The van der Waals surface area contributed by atoms with Crippen molar-refractivity contribution in [2.75, 3.05) is 5.32 Å². The van der Waals surface area contributed by atoms with E-state index in [9.17, 15) is 18.0 Å². The van der Waals surface area contributed by atoms with Crippen molar-refractivity contribution in [3.8, 4) is 0 Å². The van der Waals surface area contributed by atoms with Crippen LogP contribution in [-0.2, 0) is 23.6 Å². The van der Waals surface area contributed by atoms with Crippen LogP contribution in [0.5, 0.6) is 0 Å². The Morgan fingerprint density at radius 1 is 1.15 bits per heavy atom. The largest absolute Gasteiger partial charge is 0.468 e. The Morgan fingerprint density at radius 2 is 1.96 bits per heavy atom. The van der Waals surface area contributed by atoms with Crippen molar-refractivity contribution in [3.63, 3.8) is 0 Å². The van der Waals surface area contributed by atoms with Gasteiger partial charge in [-0.2, -0.15) is 0 Å². The number of nitrogens with one attached hydrogen (secondary N) is 2. The molecule has 2 N–H and O–H groups in total. The second kappa shape index (κ2) is 7.60. The summed E-state index contributed by atoms with van der Waals surface area (Å²) in [5.41, 5.74) is 0.157. The fourth-order valence-corrected chi connectivity index (χ4v) is 3.34. The summed E-state index contributed by atoms with van der Waals surface area (Å²) in [5.74, 6) is -0.0283. The first kappa shape index (κ1) is 18.6. The van der Waals surface area contributed by atoms with Crippen LogP contribution >= 0.6 is 0 Å². The molecule has 8 nitrogen and oxygen atoms in total. The minimum absolute atomic E-state index is 0.00386. The maximum atomic E-state index is 12.4. The number of pyridine rings is 1. The highest BCUT2D eigenvalue weighted by molar-refractivity contribution is 7.89. The number of sulfonamides is 1. The smallest absolute Gasteiger partial charge is 0.255 e. The maximum absolute atomic E-state index is 12.4. The number of carbonyl (C=O) groups is 1. The minimum Gasteiger partial charge on any atom is -0.468 e. The Hall–Kier alpha value is -3.17. The zero-order valence-corrected chi connectivity index (χ0v) is 15.2. The van der Waals surface area contributed by atoms with Gasteiger partial charge in [0, 0.05) is 30.6 Å². The van der Waals surface area contributed by atoms with Crippen LogP contribution in [0.2, 0.25) is 0 Å². The normalized spacial score (nSPS) is 11.3. The molecule has 0 saturated carbocycles. The van der Waals surface area contributed by atoms with E-state index in [1.54, 1.807) is 25.2 Å². The number of hydrogen-bond donors (Lipinski definition) is 2. The zero-order chi connectivity index (χ0) is 19.4. The van der Waals surface area contributed by atoms with Crippen molar-refractivity contribution in [2.45, 2.75) is 11.4 Å². The van der Waals surface area contributed by atoms with Crippen LogP contribution in [0.15, 0.2) is 75.1 Å². The molecule has 0 fully saturated rings. The monoisotopic (exact) mass is 387 g/mol. The molecule has 0 aliphatic rings. The van der Waals surface area contributed by atoms with Gasteiger partial charge in [-0.1, -0.05) is 6.07 Å². The summed E-state index contributed by atoms with van der Waals surface area (Å²) in [5, 5.41) is 2.59. The average molecular weight is 387 g/mol. The zero-order valence-electron chi connectivity index (χ0n) is 14.4. The van der Waals surface area contributed by atoms with Crippen LogP contribution in [0.3, 0.4) is 0 Å². The summed E-state index contributed by atoms with van der Waals surface area (Å²) in [4.78, 5) is 23.9. The number of aromatic nitrogens is 1.